The van der Waals surface area contributed by atoms with E-state index in [9.17, 15) is 4.79 Å². The number of halogens is 1. The van der Waals surface area contributed by atoms with Gasteiger partial charge in [0.25, 0.3) is 0 Å². The molecule has 2 aromatic carbocycles. The molecule has 0 unspecified atom stereocenters. The number of ether oxygens (including phenoxy) is 1. The molecule has 0 saturated carbocycles. The van der Waals surface area contributed by atoms with Gasteiger partial charge < -0.3 is 14.9 Å². The van der Waals surface area contributed by atoms with Crippen molar-refractivity contribution >= 4 is 34.2 Å². The van der Waals surface area contributed by atoms with Gasteiger partial charge in [-0.25, -0.2) is 4.98 Å². The van der Waals surface area contributed by atoms with Gasteiger partial charge in [0.2, 0.25) is 17.3 Å². The van der Waals surface area contributed by atoms with Crippen molar-refractivity contribution in [2.75, 3.05) is 5.73 Å². The van der Waals surface area contributed by atoms with Crippen LogP contribution in [0.4, 0.5) is 5.69 Å². The molecule has 0 radical (unpaired) electrons. The molecule has 0 bridgehead atoms. The highest BCUT2D eigenvalue weighted by atomic mass is 35.5. The summed E-state index contributed by atoms with van der Waals surface area (Å²) in [5, 5.41) is 1.25. The Morgan fingerprint density at radius 2 is 1.77 bits per heavy atom. The largest absolute Gasteiger partial charge is 0.432 e. The van der Waals surface area contributed by atoms with Crippen LogP contribution in [0.1, 0.15) is 41.1 Å². The van der Waals surface area contributed by atoms with E-state index in [1.807, 2.05) is 44.2 Å². The molecule has 2 N–H and O–H groups in total. The average Bonchev–Trinajstić information content (AvgIpc) is 3.09. The van der Waals surface area contributed by atoms with Gasteiger partial charge >= 0.3 is 0 Å². The smallest absolute Gasteiger partial charge is 0.230 e. The maximum absolute atomic E-state index is 13.1. The van der Waals surface area contributed by atoms with Crippen LogP contribution in [-0.2, 0) is 17.8 Å². The molecule has 0 fully saturated rings. The van der Waals surface area contributed by atoms with Crippen LogP contribution in [0, 0.1) is 0 Å². The lowest BCUT2D eigenvalue weighted by molar-refractivity contribution is -0.0395. The van der Waals surface area contributed by atoms with Gasteiger partial charge in [0.05, 0.1) is 29.0 Å². The standard InChI is InChI=1S/C25H21ClN2O3/c1-25(2)12-17-18(13-30-25)21(14-6-4-3-5-7-14)28-24-19(17)20(27)23(31-24)22(29)15-8-10-16(26)11-9-15/h3-11H,12-13,27H2,1-2H3. The molecule has 0 spiro atoms. The Morgan fingerprint density at radius 1 is 1.06 bits per heavy atom. The Morgan fingerprint density at radius 3 is 2.48 bits per heavy atom. The predicted octanol–water partition coefficient (Wildman–Crippen LogP) is 5.81. The fourth-order valence-electron chi connectivity index (χ4n) is 4.10. The molecule has 0 saturated heterocycles. The van der Waals surface area contributed by atoms with E-state index in [1.54, 1.807) is 24.3 Å². The van der Waals surface area contributed by atoms with Crippen molar-refractivity contribution in [2.45, 2.75) is 32.5 Å². The summed E-state index contributed by atoms with van der Waals surface area (Å²) < 4.78 is 12.1. The number of nitrogens with two attached hydrogens (primary N) is 1. The van der Waals surface area contributed by atoms with Gasteiger partial charge in [0, 0.05) is 28.1 Å². The van der Waals surface area contributed by atoms with E-state index in [4.69, 9.17) is 31.5 Å². The average molecular weight is 433 g/mol. The lowest BCUT2D eigenvalue weighted by Crippen LogP contribution is -2.32. The molecule has 0 amide bonds. The molecule has 1 aliphatic rings. The second kappa shape index (κ2) is 7.22. The fourth-order valence-corrected chi connectivity index (χ4v) is 4.22. The molecule has 2 aromatic heterocycles. The zero-order valence-corrected chi connectivity index (χ0v) is 18.0. The Kier molecular flexibility index (Phi) is 4.61. The molecule has 31 heavy (non-hydrogen) atoms. The second-order valence-electron chi connectivity index (χ2n) is 8.37. The lowest BCUT2D eigenvalue weighted by atomic mass is 9.87. The van der Waals surface area contributed by atoms with Crippen LogP contribution in [0.25, 0.3) is 22.4 Å². The summed E-state index contributed by atoms with van der Waals surface area (Å²) in [5.74, 6) is -0.199. The van der Waals surface area contributed by atoms with Gasteiger partial charge in [-0.2, -0.15) is 0 Å². The minimum Gasteiger partial charge on any atom is -0.432 e. The van der Waals surface area contributed by atoms with Gasteiger partial charge in [-0.15, -0.1) is 0 Å². The van der Waals surface area contributed by atoms with Crippen molar-refractivity contribution in [1.82, 2.24) is 4.98 Å². The van der Waals surface area contributed by atoms with Crippen molar-refractivity contribution in [3.8, 4) is 11.3 Å². The summed E-state index contributed by atoms with van der Waals surface area (Å²) in [5.41, 5.74) is 11.0. The number of carbonyl (C=O) groups is 1. The molecule has 156 valence electrons. The number of nitrogens with zero attached hydrogens (tertiary/aromatic N) is 1. The zero-order chi connectivity index (χ0) is 21.8. The van der Waals surface area contributed by atoms with Crippen molar-refractivity contribution in [3.63, 3.8) is 0 Å². The van der Waals surface area contributed by atoms with E-state index >= 15 is 0 Å². The quantitative estimate of drug-likeness (QED) is 0.413. The highest BCUT2D eigenvalue weighted by Crippen LogP contribution is 2.42. The monoisotopic (exact) mass is 432 g/mol. The topological polar surface area (TPSA) is 78.4 Å². The number of nitrogen functional groups attached to an aromatic ring is 1. The maximum Gasteiger partial charge on any atom is 0.230 e. The van der Waals surface area contributed by atoms with Crippen molar-refractivity contribution in [1.29, 1.82) is 0 Å². The minimum absolute atomic E-state index is 0.0986. The summed E-state index contributed by atoms with van der Waals surface area (Å²) in [6, 6.07) is 16.5. The van der Waals surface area contributed by atoms with Crippen molar-refractivity contribution in [2.24, 2.45) is 0 Å². The third-order valence-corrected chi connectivity index (χ3v) is 5.91. The first-order valence-electron chi connectivity index (χ1n) is 10.1. The SMILES string of the molecule is CC1(C)Cc2c(c(-c3ccccc3)nc3oc(C(=O)c4ccc(Cl)cc4)c(N)c23)CO1. The molecule has 0 aliphatic carbocycles. The van der Waals surface area contributed by atoms with Gasteiger partial charge in [0.15, 0.2) is 0 Å². The highest BCUT2D eigenvalue weighted by Gasteiger charge is 2.33. The van der Waals surface area contributed by atoms with Gasteiger partial charge in [-0.3, -0.25) is 4.79 Å². The first-order valence-corrected chi connectivity index (χ1v) is 10.5. The zero-order valence-electron chi connectivity index (χ0n) is 17.2. The highest BCUT2D eigenvalue weighted by molar-refractivity contribution is 6.30. The van der Waals surface area contributed by atoms with Gasteiger partial charge in [-0.1, -0.05) is 41.9 Å². The summed E-state index contributed by atoms with van der Waals surface area (Å²) in [4.78, 5) is 17.9. The fraction of sp³-hybridized carbons (Fsp3) is 0.200. The number of hydrogen-bond acceptors (Lipinski definition) is 5. The number of hydrogen-bond donors (Lipinski definition) is 1. The van der Waals surface area contributed by atoms with Crippen LogP contribution in [0.5, 0.6) is 0 Å². The van der Waals surface area contributed by atoms with E-state index in [1.165, 1.54) is 0 Å². The Labute approximate surface area is 184 Å². The molecule has 4 aromatic rings. The van der Waals surface area contributed by atoms with Crippen LogP contribution < -0.4 is 5.73 Å². The van der Waals surface area contributed by atoms with Crippen LogP contribution >= 0.6 is 11.6 Å². The number of rotatable bonds is 3. The second-order valence-corrected chi connectivity index (χ2v) is 8.81. The molecule has 5 rings (SSSR count). The van der Waals surface area contributed by atoms with E-state index in [0.717, 1.165) is 22.4 Å². The van der Waals surface area contributed by atoms with Crippen LogP contribution in [0.15, 0.2) is 59.0 Å². The molecular weight excluding hydrogens is 412 g/mol. The van der Waals surface area contributed by atoms with Crippen molar-refractivity contribution in [3.05, 3.63) is 82.1 Å². The number of ketones is 1. The number of carbonyl (C=O) groups excluding carboxylic acids is 1. The summed E-state index contributed by atoms with van der Waals surface area (Å²) in [7, 11) is 0. The number of benzene rings is 2. The molecule has 1 aliphatic heterocycles. The number of furan rings is 1. The van der Waals surface area contributed by atoms with E-state index in [-0.39, 0.29) is 17.1 Å². The van der Waals surface area contributed by atoms with Gasteiger partial charge in [-0.05, 0) is 43.7 Å². The number of fused-ring (bicyclic) bond motifs is 3. The number of pyridine rings is 1. The van der Waals surface area contributed by atoms with E-state index in [2.05, 4.69) is 0 Å². The minimum atomic E-state index is -0.362. The van der Waals surface area contributed by atoms with Crippen LogP contribution in [0.3, 0.4) is 0 Å². The molecule has 5 nitrogen and oxygen atoms in total. The summed E-state index contributed by atoms with van der Waals surface area (Å²) in [6.07, 6.45) is 0.638. The Bertz CT molecular complexity index is 1310. The lowest BCUT2D eigenvalue weighted by Gasteiger charge is -2.33. The van der Waals surface area contributed by atoms with E-state index in [0.29, 0.717) is 40.4 Å². The normalized spacial score (nSPS) is 15.1. The summed E-state index contributed by atoms with van der Waals surface area (Å²) >= 11 is 5.96. The first-order chi connectivity index (χ1) is 14.8. The van der Waals surface area contributed by atoms with Gasteiger partial charge in [0.1, 0.15) is 0 Å². The number of aromatic nitrogens is 1. The molecule has 3 heterocycles. The Hall–Kier alpha value is -3.15. The third-order valence-electron chi connectivity index (χ3n) is 5.66. The molecule has 6 heteroatoms. The maximum atomic E-state index is 13.1. The molecular formula is C25H21ClN2O3. The van der Waals surface area contributed by atoms with Crippen LogP contribution in [-0.4, -0.2) is 16.4 Å². The van der Waals surface area contributed by atoms with Crippen molar-refractivity contribution < 1.29 is 13.9 Å². The van der Waals surface area contributed by atoms with Crippen LogP contribution in [0.2, 0.25) is 5.02 Å². The predicted molar refractivity (Wildman–Crippen MR) is 121 cm³/mol. The third kappa shape index (κ3) is 3.40. The first kappa shape index (κ1) is 19.8. The van der Waals surface area contributed by atoms with E-state index < -0.39 is 0 Å². The Balaban J connectivity index is 1.75. The number of anilines is 1. The molecule has 0 atom stereocenters. The summed E-state index contributed by atoms with van der Waals surface area (Å²) in [6.45, 7) is 4.50.